The van der Waals surface area contributed by atoms with Crippen LogP contribution in [-0.2, 0) is 6.54 Å². The third-order valence-electron chi connectivity index (χ3n) is 4.13. The van der Waals surface area contributed by atoms with E-state index in [4.69, 9.17) is 4.42 Å². The predicted molar refractivity (Wildman–Crippen MR) is 75.8 cm³/mol. The second kappa shape index (κ2) is 5.40. The summed E-state index contributed by atoms with van der Waals surface area (Å²) in [5, 5.41) is 16.4. The number of rotatable bonds is 4. The molecule has 0 aromatic carbocycles. The average Bonchev–Trinajstić information content (AvgIpc) is 3.27. The lowest BCUT2D eigenvalue weighted by Crippen LogP contribution is -2.46. The van der Waals surface area contributed by atoms with Gasteiger partial charge in [0.1, 0.15) is 0 Å². The van der Waals surface area contributed by atoms with E-state index in [0.29, 0.717) is 11.8 Å². The minimum absolute atomic E-state index is 0.665. The molecule has 0 amide bonds. The molecule has 1 saturated heterocycles. The molecular formula is C14H18N6O. The van der Waals surface area contributed by atoms with Gasteiger partial charge in [0.15, 0.2) is 5.82 Å². The highest BCUT2D eigenvalue weighted by molar-refractivity contribution is 5.38. The van der Waals surface area contributed by atoms with Crippen LogP contribution in [0, 0.1) is 0 Å². The Morgan fingerprint density at radius 1 is 1.05 bits per heavy atom. The Hall–Kier alpha value is -2.02. The Morgan fingerprint density at radius 3 is 2.52 bits per heavy atom. The highest BCUT2D eigenvalue weighted by Gasteiger charge is 2.26. The van der Waals surface area contributed by atoms with Crippen molar-refractivity contribution in [1.29, 1.82) is 0 Å². The number of piperazine rings is 1. The van der Waals surface area contributed by atoms with Crippen molar-refractivity contribution in [3.63, 3.8) is 0 Å². The van der Waals surface area contributed by atoms with E-state index >= 15 is 0 Å². The van der Waals surface area contributed by atoms with Crippen molar-refractivity contribution in [2.45, 2.75) is 25.3 Å². The van der Waals surface area contributed by atoms with Crippen LogP contribution >= 0.6 is 0 Å². The summed E-state index contributed by atoms with van der Waals surface area (Å²) in [7, 11) is 0. The highest BCUT2D eigenvalue weighted by Crippen LogP contribution is 2.38. The van der Waals surface area contributed by atoms with Crippen molar-refractivity contribution in [3.8, 4) is 0 Å². The SMILES string of the molecule is c1nnc(CN2CCN(c3ccc(C4CC4)nn3)CC2)o1. The molecule has 3 heterocycles. The summed E-state index contributed by atoms with van der Waals surface area (Å²) in [6, 6.07) is 4.24. The third-order valence-corrected chi connectivity index (χ3v) is 4.13. The lowest BCUT2D eigenvalue weighted by Gasteiger charge is -2.34. The summed E-state index contributed by atoms with van der Waals surface area (Å²) >= 11 is 0. The first-order chi connectivity index (χ1) is 10.4. The Kier molecular flexibility index (Phi) is 3.27. The zero-order chi connectivity index (χ0) is 14.1. The molecule has 21 heavy (non-hydrogen) atoms. The van der Waals surface area contributed by atoms with Gasteiger partial charge in [-0.3, -0.25) is 4.90 Å². The number of nitrogens with zero attached hydrogens (tertiary/aromatic N) is 6. The van der Waals surface area contributed by atoms with E-state index in [2.05, 4.69) is 42.3 Å². The van der Waals surface area contributed by atoms with Crippen molar-refractivity contribution in [2.24, 2.45) is 0 Å². The monoisotopic (exact) mass is 286 g/mol. The van der Waals surface area contributed by atoms with Gasteiger partial charge in [-0.25, -0.2) is 0 Å². The fourth-order valence-electron chi connectivity index (χ4n) is 2.69. The van der Waals surface area contributed by atoms with Crippen molar-refractivity contribution in [1.82, 2.24) is 25.3 Å². The van der Waals surface area contributed by atoms with E-state index in [1.165, 1.54) is 19.2 Å². The van der Waals surface area contributed by atoms with Gasteiger partial charge in [-0.05, 0) is 25.0 Å². The summed E-state index contributed by atoms with van der Waals surface area (Å²) in [6.07, 6.45) is 3.91. The molecule has 0 atom stereocenters. The van der Waals surface area contributed by atoms with Gasteiger partial charge in [-0.15, -0.1) is 15.3 Å². The fourth-order valence-corrected chi connectivity index (χ4v) is 2.69. The van der Waals surface area contributed by atoms with Crippen LogP contribution in [0.1, 0.15) is 30.3 Å². The largest absolute Gasteiger partial charge is 0.427 e. The Labute approximate surface area is 123 Å². The lowest BCUT2D eigenvalue weighted by atomic mass is 10.2. The molecule has 110 valence electrons. The molecule has 0 radical (unpaired) electrons. The van der Waals surface area contributed by atoms with Gasteiger partial charge in [-0.1, -0.05) is 0 Å². The van der Waals surface area contributed by atoms with E-state index < -0.39 is 0 Å². The zero-order valence-corrected chi connectivity index (χ0v) is 11.9. The molecule has 7 nitrogen and oxygen atoms in total. The van der Waals surface area contributed by atoms with Crippen LogP contribution in [0.15, 0.2) is 22.9 Å². The van der Waals surface area contributed by atoms with Gasteiger partial charge in [0.05, 0.1) is 12.2 Å². The van der Waals surface area contributed by atoms with Gasteiger partial charge in [0.2, 0.25) is 12.3 Å². The van der Waals surface area contributed by atoms with Gasteiger partial charge in [0, 0.05) is 32.1 Å². The normalized spacial score (nSPS) is 19.9. The molecule has 1 aliphatic carbocycles. The molecule has 1 aliphatic heterocycles. The Morgan fingerprint density at radius 2 is 1.90 bits per heavy atom. The smallest absolute Gasteiger partial charge is 0.230 e. The zero-order valence-electron chi connectivity index (χ0n) is 11.9. The molecule has 2 aromatic rings. The number of aromatic nitrogens is 4. The van der Waals surface area contributed by atoms with Crippen LogP contribution in [0.3, 0.4) is 0 Å². The maximum Gasteiger partial charge on any atom is 0.230 e. The number of anilines is 1. The molecule has 0 N–H and O–H groups in total. The van der Waals surface area contributed by atoms with Gasteiger partial charge in [0.25, 0.3) is 0 Å². The molecular weight excluding hydrogens is 268 g/mol. The molecule has 1 saturated carbocycles. The average molecular weight is 286 g/mol. The standard InChI is InChI=1S/C14H18N6O/c1-2-11(1)12-3-4-13(17-16-12)20-7-5-19(6-8-20)9-14-18-15-10-21-14/h3-4,10-11H,1-2,5-9H2. The predicted octanol–water partition coefficient (Wildman–Crippen LogP) is 1.06. The first kappa shape index (κ1) is 12.7. The lowest BCUT2D eigenvalue weighted by molar-refractivity contribution is 0.225. The van der Waals surface area contributed by atoms with Crippen molar-refractivity contribution >= 4 is 5.82 Å². The molecule has 4 rings (SSSR count). The summed E-state index contributed by atoms with van der Waals surface area (Å²) in [6.45, 7) is 4.56. The molecule has 0 spiro atoms. The molecule has 0 bridgehead atoms. The third kappa shape index (κ3) is 2.87. The first-order valence-electron chi connectivity index (χ1n) is 7.44. The van der Waals surface area contributed by atoms with E-state index in [1.54, 1.807) is 0 Å². The first-order valence-corrected chi connectivity index (χ1v) is 7.44. The van der Waals surface area contributed by atoms with Crippen molar-refractivity contribution in [2.75, 3.05) is 31.1 Å². The van der Waals surface area contributed by atoms with Gasteiger partial charge >= 0.3 is 0 Å². The Bertz CT molecular complexity index is 572. The van der Waals surface area contributed by atoms with Gasteiger partial charge in [-0.2, -0.15) is 5.10 Å². The van der Waals surface area contributed by atoms with Crippen molar-refractivity contribution < 1.29 is 4.42 Å². The summed E-state index contributed by atoms with van der Waals surface area (Å²) in [4.78, 5) is 4.60. The van der Waals surface area contributed by atoms with E-state index in [9.17, 15) is 0 Å². The summed E-state index contributed by atoms with van der Waals surface area (Å²) in [5.41, 5.74) is 1.15. The summed E-state index contributed by atoms with van der Waals surface area (Å²) < 4.78 is 5.19. The van der Waals surface area contributed by atoms with Crippen LogP contribution in [-0.4, -0.2) is 51.5 Å². The fraction of sp³-hybridized carbons (Fsp3) is 0.571. The quantitative estimate of drug-likeness (QED) is 0.832. The molecule has 7 heteroatoms. The van der Waals surface area contributed by atoms with Crippen LogP contribution in [0.25, 0.3) is 0 Å². The number of hydrogen-bond donors (Lipinski definition) is 0. The minimum atomic E-state index is 0.665. The maximum atomic E-state index is 5.19. The van der Waals surface area contributed by atoms with Crippen LogP contribution in [0.5, 0.6) is 0 Å². The Balaban J connectivity index is 1.33. The minimum Gasteiger partial charge on any atom is -0.427 e. The van der Waals surface area contributed by atoms with E-state index in [1.807, 2.05) is 0 Å². The second-order valence-corrected chi connectivity index (χ2v) is 5.69. The topological polar surface area (TPSA) is 71.2 Å². The van der Waals surface area contributed by atoms with Crippen LogP contribution in [0.2, 0.25) is 0 Å². The molecule has 2 aromatic heterocycles. The maximum absolute atomic E-state index is 5.19. The van der Waals surface area contributed by atoms with E-state index in [-0.39, 0.29) is 0 Å². The molecule has 2 aliphatic rings. The van der Waals surface area contributed by atoms with Crippen LogP contribution in [0.4, 0.5) is 5.82 Å². The number of hydrogen-bond acceptors (Lipinski definition) is 7. The van der Waals surface area contributed by atoms with Crippen molar-refractivity contribution in [3.05, 3.63) is 30.1 Å². The molecule has 2 fully saturated rings. The second-order valence-electron chi connectivity index (χ2n) is 5.69. The highest BCUT2D eigenvalue weighted by atomic mass is 16.4. The van der Waals surface area contributed by atoms with Gasteiger partial charge < -0.3 is 9.32 Å². The molecule has 0 unspecified atom stereocenters. The van der Waals surface area contributed by atoms with E-state index in [0.717, 1.165) is 44.2 Å². The summed E-state index contributed by atoms with van der Waals surface area (Å²) in [5.74, 6) is 2.33. The van der Waals surface area contributed by atoms with Crippen LogP contribution < -0.4 is 4.90 Å².